The van der Waals surface area contributed by atoms with Crippen LogP contribution in [0.3, 0.4) is 0 Å². The van der Waals surface area contributed by atoms with Crippen LogP contribution < -0.4 is 15.4 Å². The van der Waals surface area contributed by atoms with Crippen LogP contribution in [-0.4, -0.2) is 35.7 Å². The predicted octanol–water partition coefficient (Wildman–Crippen LogP) is 1.90. The highest BCUT2D eigenvalue weighted by molar-refractivity contribution is 5.92. The number of nitrogens with one attached hydrogen (secondary N) is 2. The molecule has 0 atom stereocenters. The smallest absolute Gasteiger partial charge is 0.224 e. The Morgan fingerprint density at radius 1 is 1.36 bits per heavy atom. The van der Waals surface area contributed by atoms with Crippen molar-refractivity contribution in [3.8, 4) is 5.75 Å². The number of carbonyl (C=O) groups is 1. The molecule has 0 aliphatic heterocycles. The highest BCUT2D eigenvalue weighted by Gasteiger charge is 2.07. The summed E-state index contributed by atoms with van der Waals surface area (Å²) >= 11 is 0. The molecule has 0 bridgehead atoms. The van der Waals surface area contributed by atoms with Crippen LogP contribution in [0.1, 0.15) is 12.8 Å². The van der Waals surface area contributed by atoms with Gasteiger partial charge >= 0.3 is 0 Å². The third-order valence-electron chi connectivity index (χ3n) is 3.16. The summed E-state index contributed by atoms with van der Waals surface area (Å²) in [6.45, 7) is 2.06. The van der Waals surface area contributed by atoms with E-state index in [4.69, 9.17) is 4.74 Å². The summed E-state index contributed by atoms with van der Waals surface area (Å²) in [6.07, 6.45) is 6.67. The average Bonchev–Trinajstić information content (AvgIpc) is 3.02. The number of para-hydroxylation sites is 2. The molecule has 6 nitrogen and oxygen atoms in total. The molecule has 2 N–H and O–H groups in total. The zero-order valence-electron chi connectivity index (χ0n) is 12.8. The molecule has 6 heteroatoms. The second-order valence-electron chi connectivity index (χ2n) is 4.90. The standard InChI is InChI=1S/C16H22N4O2/c1-17-8-4-7-16(21)19-14-5-2-3-6-15(14)22-12-11-20-10-9-18-13-20/h2-3,5-6,9-10,13,17H,4,7-8,11-12H2,1H3,(H,19,21). The van der Waals surface area contributed by atoms with Gasteiger partial charge in [0, 0.05) is 18.8 Å². The van der Waals surface area contributed by atoms with E-state index in [1.165, 1.54) is 0 Å². The van der Waals surface area contributed by atoms with E-state index in [0.717, 1.165) is 13.0 Å². The number of benzene rings is 1. The van der Waals surface area contributed by atoms with E-state index >= 15 is 0 Å². The lowest BCUT2D eigenvalue weighted by molar-refractivity contribution is -0.116. The predicted molar refractivity (Wildman–Crippen MR) is 86.0 cm³/mol. The SMILES string of the molecule is CNCCCC(=O)Nc1ccccc1OCCn1ccnc1. The van der Waals surface area contributed by atoms with Crippen LogP contribution in [0.25, 0.3) is 0 Å². The lowest BCUT2D eigenvalue weighted by Crippen LogP contribution is -2.16. The van der Waals surface area contributed by atoms with Gasteiger partial charge in [0.05, 0.1) is 18.6 Å². The maximum Gasteiger partial charge on any atom is 0.224 e. The molecule has 0 spiro atoms. The van der Waals surface area contributed by atoms with Crippen LogP contribution >= 0.6 is 0 Å². The van der Waals surface area contributed by atoms with E-state index in [1.807, 2.05) is 42.1 Å². The van der Waals surface area contributed by atoms with Gasteiger partial charge in [0.25, 0.3) is 0 Å². The summed E-state index contributed by atoms with van der Waals surface area (Å²) in [7, 11) is 1.88. The second kappa shape index (κ2) is 8.84. The fourth-order valence-corrected chi connectivity index (χ4v) is 2.01. The van der Waals surface area contributed by atoms with Crippen molar-refractivity contribution in [1.29, 1.82) is 0 Å². The second-order valence-corrected chi connectivity index (χ2v) is 4.90. The molecular weight excluding hydrogens is 280 g/mol. The molecule has 0 aliphatic carbocycles. The molecule has 2 rings (SSSR count). The van der Waals surface area contributed by atoms with Gasteiger partial charge < -0.3 is 19.9 Å². The highest BCUT2D eigenvalue weighted by Crippen LogP contribution is 2.23. The van der Waals surface area contributed by atoms with E-state index in [2.05, 4.69) is 15.6 Å². The summed E-state index contributed by atoms with van der Waals surface area (Å²) in [5.74, 6) is 0.686. The van der Waals surface area contributed by atoms with Crippen molar-refractivity contribution >= 4 is 11.6 Å². The molecule has 0 saturated heterocycles. The number of ether oxygens (including phenoxy) is 1. The molecule has 2 aromatic rings. The number of rotatable bonds is 9. The van der Waals surface area contributed by atoms with Crippen LogP contribution in [0.4, 0.5) is 5.69 Å². The molecular formula is C16H22N4O2. The number of imidazole rings is 1. The van der Waals surface area contributed by atoms with Gasteiger partial charge in [-0.3, -0.25) is 4.79 Å². The quantitative estimate of drug-likeness (QED) is 0.694. The molecule has 1 heterocycles. The van der Waals surface area contributed by atoms with Crippen LogP contribution in [0.5, 0.6) is 5.75 Å². The number of hydrogen-bond acceptors (Lipinski definition) is 4. The Balaban J connectivity index is 1.84. The number of nitrogens with zero attached hydrogens (tertiary/aromatic N) is 2. The third-order valence-corrected chi connectivity index (χ3v) is 3.16. The first-order valence-corrected chi connectivity index (χ1v) is 7.41. The Hall–Kier alpha value is -2.34. The third kappa shape index (κ3) is 5.21. The maximum absolute atomic E-state index is 11.9. The van der Waals surface area contributed by atoms with Crippen molar-refractivity contribution in [2.75, 3.05) is 25.5 Å². The zero-order chi connectivity index (χ0) is 15.6. The molecule has 118 valence electrons. The molecule has 0 fully saturated rings. The lowest BCUT2D eigenvalue weighted by Gasteiger charge is -2.12. The van der Waals surface area contributed by atoms with Gasteiger partial charge in [-0.25, -0.2) is 4.98 Å². The van der Waals surface area contributed by atoms with Gasteiger partial charge in [-0.2, -0.15) is 0 Å². The molecule has 1 aromatic heterocycles. The molecule has 0 radical (unpaired) electrons. The Morgan fingerprint density at radius 2 is 2.23 bits per heavy atom. The lowest BCUT2D eigenvalue weighted by atomic mass is 10.2. The summed E-state index contributed by atoms with van der Waals surface area (Å²) in [5, 5.41) is 5.93. The van der Waals surface area contributed by atoms with E-state index in [0.29, 0.717) is 31.0 Å². The number of aromatic nitrogens is 2. The molecule has 1 aromatic carbocycles. The highest BCUT2D eigenvalue weighted by atomic mass is 16.5. The van der Waals surface area contributed by atoms with E-state index in [-0.39, 0.29) is 5.91 Å². The number of hydrogen-bond donors (Lipinski definition) is 2. The van der Waals surface area contributed by atoms with Crippen molar-refractivity contribution in [3.63, 3.8) is 0 Å². The van der Waals surface area contributed by atoms with E-state index < -0.39 is 0 Å². The first-order chi connectivity index (χ1) is 10.8. The molecule has 1 amide bonds. The Labute approximate surface area is 130 Å². The topological polar surface area (TPSA) is 68.2 Å². The van der Waals surface area contributed by atoms with Gasteiger partial charge in [-0.1, -0.05) is 12.1 Å². The monoisotopic (exact) mass is 302 g/mol. The summed E-state index contributed by atoms with van der Waals surface area (Å²) < 4.78 is 7.70. The van der Waals surface area contributed by atoms with E-state index in [9.17, 15) is 4.79 Å². The van der Waals surface area contributed by atoms with Crippen molar-refractivity contribution in [1.82, 2.24) is 14.9 Å². The minimum absolute atomic E-state index is 0.000842. The van der Waals surface area contributed by atoms with Crippen LogP contribution in [0.2, 0.25) is 0 Å². The minimum atomic E-state index is 0.000842. The summed E-state index contributed by atoms with van der Waals surface area (Å²) in [6, 6.07) is 7.48. The molecule has 22 heavy (non-hydrogen) atoms. The first-order valence-electron chi connectivity index (χ1n) is 7.41. The molecule has 0 unspecified atom stereocenters. The van der Waals surface area contributed by atoms with Gasteiger partial charge in [-0.15, -0.1) is 0 Å². The Bertz CT molecular complexity index is 569. The van der Waals surface area contributed by atoms with Crippen LogP contribution in [-0.2, 0) is 11.3 Å². The Morgan fingerprint density at radius 3 is 3.00 bits per heavy atom. The van der Waals surface area contributed by atoms with Crippen molar-refractivity contribution in [2.45, 2.75) is 19.4 Å². The van der Waals surface area contributed by atoms with Crippen molar-refractivity contribution < 1.29 is 9.53 Å². The van der Waals surface area contributed by atoms with Gasteiger partial charge in [0.2, 0.25) is 5.91 Å². The summed E-state index contributed by atoms with van der Waals surface area (Å²) in [5.41, 5.74) is 0.711. The van der Waals surface area contributed by atoms with Crippen LogP contribution in [0.15, 0.2) is 43.0 Å². The van der Waals surface area contributed by atoms with Crippen molar-refractivity contribution in [2.24, 2.45) is 0 Å². The van der Waals surface area contributed by atoms with E-state index in [1.54, 1.807) is 12.5 Å². The maximum atomic E-state index is 11.9. The summed E-state index contributed by atoms with van der Waals surface area (Å²) in [4.78, 5) is 15.9. The zero-order valence-corrected chi connectivity index (χ0v) is 12.8. The largest absolute Gasteiger partial charge is 0.490 e. The van der Waals surface area contributed by atoms with Crippen molar-refractivity contribution in [3.05, 3.63) is 43.0 Å². The number of amides is 1. The minimum Gasteiger partial charge on any atom is -0.490 e. The first kappa shape index (κ1) is 16.0. The fraction of sp³-hybridized carbons (Fsp3) is 0.375. The van der Waals surface area contributed by atoms with Gasteiger partial charge in [-0.05, 0) is 32.1 Å². The Kier molecular flexibility index (Phi) is 6.44. The number of carbonyl (C=O) groups excluding carboxylic acids is 1. The van der Waals surface area contributed by atoms with Crippen LogP contribution in [0, 0.1) is 0 Å². The normalized spacial score (nSPS) is 10.4. The average molecular weight is 302 g/mol. The number of anilines is 1. The van der Waals surface area contributed by atoms with Gasteiger partial charge in [0.15, 0.2) is 0 Å². The molecule has 0 saturated carbocycles. The fourth-order valence-electron chi connectivity index (χ4n) is 2.01. The molecule has 0 aliphatic rings. The van der Waals surface area contributed by atoms with Gasteiger partial charge in [0.1, 0.15) is 12.4 Å².